The van der Waals surface area contributed by atoms with E-state index in [4.69, 9.17) is 4.42 Å². The van der Waals surface area contributed by atoms with E-state index in [1.807, 2.05) is 44.2 Å². The van der Waals surface area contributed by atoms with Crippen molar-refractivity contribution in [3.05, 3.63) is 42.1 Å². The van der Waals surface area contributed by atoms with Crippen LogP contribution in [0.2, 0.25) is 0 Å². The molecule has 0 saturated heterocycles. The van der Waals surface area contributed by atoms with Crippen molar-refractivity contribution >= 4 is 22.8 Å². The Labute approximate surface area is 144 Å². The van der Waals surface area contributed by atoms with Gasteiger partial charge >= 0.3 is 5.97 Å². The number of rotatable bonds is 6. The zero-order valence-corrected chi connectivity index (χ0v) is 13.9. The largest absolute Gasteiger partial charge is 0.480 e. The molecular formula is C18H19N3O4. The van der Waals surface area contributed by atoms with Crippen molar-refractivity contribution in [2.75, 3.05) is 0 Å². The molecule has 2 aromatic heterocycles. The molecule has 3 N–H and O–H groups in total. The van der Waals surface area contributed by atoms with Crippen LogP contribution < -0.4 is 5.32 Å². The lowest BCUT2D eigenvalue weighted by Crippen LogP contribution is -2.41. The summed E-state index contributed by atoms with van der Waals surface area (Å²) in [7, 11) is 0. The number of aromatic nitrogens is 2. The van der Waals surface area contributed by atoms with Gasteiger partial charge in [-0.25, -0.2) is 4.79 Å². The normalized spacial score (nSPS) is 12.4. The Hall–Kier alpha value is -3.09. The van der Waals surface area contributed by atoms with E-state index in [0.29, 0.717) is 23.5 Å². The first-order valence-corrected chi connectivity index (χ1v) is 8.01. The highest BCUT2D eigenvalue weighted by atomic mass is 16.4. The topological polar surface area (TPSA) is 108 Å². The fourth-order valence-electron chi connectivity index (χ4n) is 2.68. The monoisotopic (exact) mass is 341 g/mol. The van der Waals surface area contributed by atoms with Gasteiger partial charge in [0.15, 0.2) is 5.76 Å². The molecule has 0 saturated carbocycles. The second-order valence-electron chi connectivity index (χ2n) is 6.30. The maximum absolute atomic E-state index is 12.5. The van der Waals surface area contributed by atoms with Crippen molar-refractivity contribution in [1.82, 2.24) is 15.5 Å². The molecule has 7 heteroatoms. The van der Waals surface area contributed by atoms with Crippen molar-refractivity contribution in [2.45, 2.75) is 26.3 Å². The van der Waals surface area contributed by atoms with Gasteiger partial charge in [0, 0.05) is 5.39 Å². The molecule has 3 rings (SSSR count). The molecule has 1 amide bonds. The minimum absolute atomic E-state index is 0.139. The van der Waals surface area contributed by atoms with E-state index in [9.17, 15) is 14.7 Å². The first kappa shape index (κ1) is 16.8. The first-order chi connectivity index (χ1) is 12.0. The van der Waals surface area contributed by atoms with Crippen molar-refractivity contribution in [1.29, 1.82) is 0 Å². The van der Waals surface area contributed by atoms with E-state index in [2.05, 4.69) is 15.5 Å². The number of fused-ring (bicyclic) bond motifs is 1. The fraction of sp³-hybridized carbons (Fsp3) is 0.278. The number of para-hydroxylation sites is 1. The summed E-state index contributed by atoms with van der Waals surface area (Å²) in [6, 6.07) is 8.35. The molecule has 0 bridgehead atoms. The Morgan fingerprint density at radius 1 is 1.32 bits per heavy atom. The summed E-state index contributed by atoms with van der Waals surface area (Å²) in [6.07, 6.45) is 1.71. The maximum Gasteiger partial charge on any atom is 0.326 e. The SMILES string of the molecule is CC(C)C[C@@H](NC(=O)c1cn[nH]c1-c1cc2ccccc2o1)C(=O)O. The quantitative estimate of drug-likeness (QED) is 0.638. The van der Waals surface area contributed by atoms with E-state index in [1.54, 1.807) is 0 Å². The standard InChI is InChI=1S/C18H19N3O4/c1-10(2)7-13(18(23)24)20-17(22)12-9-19-21-16(12)15-8-11-5-3-4-6-14(11)25-15/h3-6,8-10,13H,7H2,1-2H3,(H,19,21)(H,20,22)(H,23,24)/t13-/m1/s1. The van der Waals surface area contributed by atoms with E-state index in [-0.39, 0.29) is 11.5 Å². The molecule has 130 valence electrons. The van der Waals surface area contributed by atoms with Crippen LogP contribution in [-0.4, -0.2) is 33.2 Å². The number of hydrogen-bond donors (Lipinski definition) is 3. The third kappa shape index (κ3) is 3.55. The van der Waals surface area contributed by atoms with Crippen LogP contribution in [0.3, 0.4) is 0 Å². The number of aliphatic carboxylic acids is 1. The number of hydrogen-bond acceptors (Lipinski definition) is 4. The Morgan fingerprint density at radius 3 is 2.76 bits per heavy atom. The van der Waals surface area contributed by atoms with Gasteiger partial charge in [0.1, 0.15) is 17.3 Å². The predicted octanol–water partition coefficient (Wildman–Crippen LogP) is 3.05. The van der Waals surface area contributed by atoms with E-state index in [1.165, 1.54) is 6.20 Å². The van der Waals surface area contributed by atoms with Gasteiger partial charge in [0.25, 0.3) is 5.91 Å². The average molecular weight is 341 g/mol. The van der Waals surface area contributed by atoms with Gasteiger partial charge in [-0.05, 0) is 24.5 Å². The second kappa shape index (κ2) is 6.80. The van der Waals surface area contributed by atoms with E-state index >= 15 is 0 Å². The molecule has 7 nitrogen and oxygen atoms in total. The number of benzene rings is 1. The number of carbonyl (C=O) groups is 2. The summed E-state index contributed by atoms with van der Waals surface area (Å²) in [4.78, 5) is 23.9. The predicted molar refractivity (Wildman–Crippen MR) is 92.1 cm³/mol. The Bertz CT molecular complexity index is 877. The van der Waals surface area contributed by atoms with Crippen LogP contribution in [0.4, 0.5) is 0 Å². The zero-order valence-electron chi connectivity index (χ0n) is 13.9. The van der Waals surface area contributed by atoms with Crippen LogP contribution in [0.5, 0.6) is 0 Å². The van der Waals surface area contributed by atoms with Crippen molar-refractivity contribution in [3.8, 4) is 11.5 Å². The molecule has 25 heavy (non-hydrogen) atoms. The lowest BCUT2D eigenvalue weighted by atomic mass is 10.0. The van der Waals surface area contributed by atoms with E-state index < -0.39 is 17.9 Å². The van der Waals surface area contributed by atoms with E-state index in [0.717, 1.165) is 5.39 Å². The van der Waals surface area contributed by atoms with Crippen molar-refractivity contribution < 1.29 is 19.1 Å². The molecule has 0 aliphatic carbocycles. The first-order valence-electron chi connectivity index (χ1n) is 8.01. The molecule has 0 aliphatic rings. The number of nitrogens with zero attached hydrogens (tertiary/aromatic N) is 1. The smallest absolute Gasteiger partial charge is 0.326 e. The summed E-state index contributed by atoms with van der Waals surface area (Å²) in [6.45, 7) is 3.81. The fourth-order valence-corrected chi connectivity index (χ4v) is 2.68. The Balaban J connectivity index is 1.87. The van der Waals surface area contributed by atoms with Crippen molar-refractivity contribution in [2.24, 2.45) is 5.92 Å². The summed E-state index contributed by atoms with van der Waals surface area (Å²) in [5.74, 6) is -0.951. The van der Waals surface area contributed by atoms with Gasteiger partial charge in [-0.1, -0.05) is 32.0 Å². The number of H-pyrrole nitrogens is 1. The van der Waals surface area contributed by atoms with Crippen LogP contribution in [0.25, 0.3) is 22.4 Å². The summed E-state index contributed by atoms with van der Waals surface area (Å²) in [5, 5.41) is 19.4. The third-order valence-electron chi connectivity index (χ3n) is 3.87. The summed E-state index contributed by atoms with van der Waals surface area (Å²) in [5.41, 5.74) is 1.36. The van der Waals surface area contributed by atoms with Gasteiger partial charge in [0.2, 0.25) is 0 Å². The maximum atomic E-state index is 12.5. The molecular weight excluding hydrogens is 322 g/mol. The van der Waals surface area contributed by atoms with Gasteiger partial charge in [-0.15, -0.1) is 0 Å². The van der Waals surface area contributed by atoms with Crippen LogP contribution in [0, 0.1) is 5.92 Å². The van der Waals surface area contributed by atoms with Crippen LogP contribution in [0.1, 0.15) is 30.6 Å². The number of amides is 1. The zero-order chi connectivity index (χ0) is 18.0. The Kier molecular flexibility index (Phi) is 4.56. The molecule has 0 radical (unpaired) electrons. The van der Waals surface area contributed by atoms with Gasteiger partial charge in [0.05, 0.1) is 11.8 Å². The summed E-state index contributed by atoms with van der Waals surface area (Å²) < 4.78 is 5.75. The van der Waals surface area contributed by atoms with Gasteiger partial charge in [-0.3, -0.25) is 9.89 Å². The minimum atomic E-state index is -1.06. The van der Waals surface area contributed by atoms with Crippen LogP contribution in [0.15, 0.2) is 40.9 Å². The minimum Gasteiger partial charge on any atom is -0.480 e. The van der Waals surface area contributed by atoms with Gasteiger partial charge in [-0.2, -0.15) is 5.10 Å². The molecule has 0 unspecified atom stereocenters. The Morgan fingerprint density at radius 2 is 2.08 bits per heavy atom. The number of carboxylic acid groups (broad SMARTS) is 1. The molecule has 1 aromatic carbocycles. The molecule has 2 heterocycles. The van der Waals surface area contributed by atoms with Gasteiger partial charge < -0.3 is 14.8 Å². The highest BCUT2D eigenvalue weighted by Crippen LogP contribution is 2.28. The number of aromatic amines is 1. The summed E-state index contributed by atoms with van der Waals surface area (Å²) >= 11 is 0. The van der Waals surface area contributed by atoms with Crippen LogP contribution in [-0.2, 0) is 4.79 Å². The number of carboxylic acids is 1. The molecule has 0 spiro atoms. The second-order valence-corrected chi connectivity index (χ2v) is 6.30. The molecule has 3 aromatic rings. The molecule has 0 fully saturated rings. The number of furan rings is 1. The third-order valence-corrected chi connectivity index (χ3v) is 3.87. The highest BCUT2D eigenvalue weighted by molar-refractivity contribution is 6.01. The van der Waals surface area contributed by atoms with Crippen molar-refractivity contribution in [3.63, 3.8) is 0 Å². The lowest BCUT2D eigenvalue weighted by molar-refractivity contribution is -0.139. The highest BCUT2D eigenvalue weighted by Gasteiger charge is 2.25. The number of carbonyl (C=O) groups excluding carboxylic acids is 1. The number of nitrogens with one attached hydrogen (secondary N) is 2. The molecule has 0 aliphatic heterocycles. The molecule has 1 atom stereocenters. The lowest BCUT2D eigenvalue weighted by Gasteiger charge is -2.16. The van der Waals surface area contributed by atoms with Crippen LogP contribution >= 0.6 is 0 Å². The average Bonchev–Trinajstić information content (AvgIpc) is 3.19.